The molecule has 0 unspecified atom stereocenters. The van der Waals surface area contributed by atoms with Crippen LogP contribution in [0.5, 0.6) is 0 Å². The molecule has 21 heavy (non-hydrogen) atoms. The fraction of sp³-hybridized carbons (Fsp3) is 0.429. The Morgan fingerprint density at radius 2 is 2.10 bits per heavy atom. The maximum Gasteiger partial charge on any atom is 0.326 e. The fourth-order valence-corrected chi connectivity index (χ4v) is 2.15. The summed E-state index contributed by atoms with van der Waals surface area (Å²) in [6.07, 6.45) is 2.29. The van der Waals surface area contributed by atoms with Gasteiger partial charge in [0.25, 0.3) is 0 Å². The van der Waals surface area contributed by atoms with Gasteiger partial charge in [-0.05, 0) is 36.6 Å². The molecule has 6 nitrogen and oxygen atoms in total. The zero-order chi connectivity index (χ0) is 15.8. The molecule has 0 heterocycles. The minimum atomic E-state index is -1.03. The molecule has 0 aliphatic carbocycles. The number of benzene rings is 1. The number of thioether (sulfide) groups is 1. The van der Waals surface area contributed by atoms with Gasteiger partial charge in [-0.25, -0.2) is 9.59 Å². The van der Waals surface area contributed by atoms with E-state index in [0.29, 0.717) is 17.9 Å². The van der Waals surface area contributed by atoms with Gasteiger partial charge in [-0.15, -0.1) is 0 Å². The number of amides is 2. The molecule has 0 aromatic heterocycles. The number of anilines is 2. The molecule has 3 N–H and O–H groups in total. The summed E-state index contributed by atoms with van der Waals surface area (Å²) in [5, 5.41) is 14.2. The average Bonchev–Trinajstić information content (AvgIpc) is 2.43. The highest BCUT2D eigenvalue weighted by molar-refractivity contribution is 7.98. The second kappa shape index (κ2) is 8.41. The van der Waals surface area contributed by atoms with Crippen molar-refractivity contribution in [3.63, 3.8) is 0 Å². The van der Waals surface area contributed by atoms with Gasteiger partial charge in [0.05, 0.1) is 0 Å². The van der Waals surface area contributed by atoms with Crippen LogP contribution in [0.2, 0.25) is 0 Å². The van der Waals surface area contributed by atoms with Crippen molar-refractivity contribution in [2.24, 2.45) is 0 Å². The van der Waals surface area contributed by atoms with Crippen molar-refractivity contribution < 1.29 is 14.7 Å². The van der Waals surface area contributed by atoms with Crippen molar-refractivity contribution >= 4 is 35.1 Å². The van der Waals surface area contributed by atoms with E-state index in [2.05, 4.69) is 10.6 Å². The maximum absolute atomic E-state index is 11.9. The van der Waals surface area contributed by atoms with Crippen molar-refractivity contribution in [1.29, 1.82) is 0 Å². The molecule has 7 heteroatoms. The molecule has 116 valence electrons. The summed E-state index contributed by atoms with van der Waals surface area (Å²) in [6.45, 7) is 0. The van der Waals surface area contributed by atoms with Crippen LogP contribution >= 0.6 is 11.8 Å². The minimum Gasteiger partial charge on any atom is -0.480 e. The fourth-order valence-electron chi connectivity index (χ4n) is 1.68. The number of hydrogen-bond acceptors (Lipinski definition) is 4. The Morgan fingerprint density at radius 1 is 1.38 bits per heavy atom. The minimum absolute atomic E-state index is 0.391. The van der Waals surface area contributed by atoms with Crippen LogP contribution in [0.1, 0.15) is 6.42 Å². The Morgan fingerprint density at radius 3 is 2.67 bits per heavy atom. The van der Waals surface area contributed by atoms with Crippen LogP contribution in [0, 0.1) is 0 Å². The van der Waals surface area contributed by atoms with Crippen LogP contribution in [0.25, 0.3) is 0 Å². The smallest absolute Gasteiger partial charge is 0.326 e. The monoisotopic (exact) mass is 311 g/mol. The lowest BCUT2D eigenvalue weighted by Gasteiger charge is -2.16. The number of carbonyl (C=O) groups is 2. The molecule has 0 spiro atoms. The Balaban J connectivity index is 2.63. The summed E-state index contributed by atoms with van der Waals surface area (Å²) >= 11 is 1.54. The predicted octanol–water partition coefficient (Wildman–Crippen LogP) is 2.08. The maximum atomic E-state index is 11.9. The van der Waals surface area contributed by atoms with Gasteiger partial charge >= 0.3 is 12.0 Å². The molecule has 0 fully saturated rings. The molecule has 1 atom stereocenters. The zero-order valence-electron chi connectivity index (χ0n) is 12.4. The standard InChI is InChI=1S/C14H21N3O3S/c1-17(2)11-6-4-5-10(9-11)15-14(20)16-12(13(18)19)7-8-21-3/h4-6,9,12H,7-8H2,1-3H3,(H,18,19)(H2,15,16,20)/t12-/m1/s1. The number of rotatable bonds is 7. The van der Waals surface area contributed by atoms with Gasteiger partial charge in [-0.1, -0.05) is 6.07 Å². The van der Waals surface area contributed by atoms with E-state index < -0.39 is 18.0 Å². The van der Waals surface area contributed by atoms with Crippen molar-refractivity contribution in [3.8, 4) is 0 Å². The highest BCUT2D eigenvalue weighted by atomic mass is 32.2. The topological polar surface area (TPSA) is 81.7 Å². The van der Waals surface area contributed by atoms with E-state index in [4.69, 9.17) is 5.11 Å². The van der Waals surface area contributed by atoms with Crippen LogP contribution in [-0.4, -0.2) is 49.3 Å². The van der Waals surface area contributed by atoms with Crippen LogP contribution in [-0.2, 0) is 4.79 Å². The zero-order valence-corrected chi connectivity index (χ0v) is 13.2. The van der Waals surface area contributed by atoms with Crippen molar-refractivity contribution in [1.82, 2.24) is 5.32 Å². The third kappa shape index (κ3) is 5.95. The van der Waals surface area contributed by atoms with Crippen molar-refractivity contribution in [2.45, 2.75) is 12.5 Å². The molecule has 1 rings (SSSR count). The molecular weight excluding hydrogens is 290 g/mol. The van der Waals surface area contributed by atoms with Crippen LogP contribution < -0.4 is 15.5 Å². The van der Waals surface area contributed by atoms with E-state index in [1.807, 2.05) is 43.5 Å². The SMILES string of the molecule is CSCC[C@@H](NC(=O)Nc1cccc(N(C)C)c1)C(=O)O. The number of nitrogens with zero attached hydrogens (tertiary/aromatic N) is 1. The number of nitrogens with one attached hydrogen (secondary N) is 2. The largest absolute Gasteiger partial charge is 0.480 e. The van der Waals surface area contributed by atoms with Crippen molar-refractivity contribution in [3.05, 3.63) is 24.3 Å². The van der Waals surface area contributed by atoms with Gasteiger partial charge in [0.1, 0.15) is 6.04 Å². The van der Waals surface area contributed by atoms with E-state index >= 15 is 0 Å². The lowest BCUT2D eigenvalue weighted by Crippen LogP contribution is -2.43. The molecule has 0 saturated heterocycles. The highest BCUT2D eigenvalue weighted by Gasteiger charge is 2.19. The molecule has 0 radical (unpaired) electrons. The van der Waals surface area contributed by atoms with Crippen LogP contribution in [0.4, 0.5) is 16.2 Å². The molecule has 1 aromatic carbocycles. The lowest BCUT2D eigenvalue weighted by molar-refractivity contribution is -0.139. The average molecular weight is 311 g/mol. The first-order valence-corrected chi connectivity index (χ1v) is 7.90. The Bertz CT molecular complexity index is 494. The predicted molar refractivity (Wildman–Crippen MR) is 87.3 cm³/mol. The van der Waals surface area contributed by atoms with Gasteiger partial charge in [0, 0.05) is 25.5 Å². The second-order valence-electron chi connectivity index (χ2n) is 4.72. The molecular formula is C14H21N3O3S. The molecule has 0 saturated carbocycles. The Kier molecular flexibility index (Phi) is 6.87. The number of aliphatic carboxylic acids is 1. The number of carbonyl (C=O) groups excluding carboxylic acids is 1. The van der Waals surface area contributed by atoms with E-state index in [1.54, 1.807) is 17.8 Å². The quantitative estimate of drug-likeness (QED) is 0.718. The van der Waals surface area contributed by atoms with E-state index in [0.717, 1.165) is 5.69 Å². The summed E-state index contributed by atoms with van der Waals surface area (Å²) < 4.78 is 0. The second-order valence-corrected chi connectivity index (χ2v) is 5.70. The van der Waals surface area contributed by atoms with Crippen molar-refractivity contribution in [2.75, 3.05) is 36.3 Å². The van der Waals surface area contributed by atoms with Crippen LogP contribution in [0.3, 0.4) is 0 Å². The summed E-state index contributed by atoms with van der Waals surface area (Å²) in [5.41, 5.74) is 1.57. The third-order valence-electron chi connectivity index (χ3n) is 2.83. The molecule has 1 aromatic rings. The Hall–Kier alpha value is -1.89. The summed E-state index contributed by atoms with van der Waals surface area (Å²) in [6, 6.07) is 5.92. The van der Waals surface area contributed by atoms with Gasteiger partial charge in [0.15, 0.2) is 0 Å². The molecule has 0 bridgehead atoms. The lowest BCUT2D eigenvalue weighted by atomic mass is 10.2. The van der Waals surface area contributed by atoms with Gasteiger partial charge < -0.3 is 20.6 Å². The number of carboxylic acid groups (broad SMARTS) is 1. The summed E-state index contributed by atoms with van der Waals surface area (Å²) in [4.78, 5) is 24.9. The summed E-state index contributed by atoms with van der Waals surface area (Å²) in [7, 11) is 3.81. The van der Waals surface area contributed by atoms with E-state index in [9.17, 15) is 9.59 Å². The Labute approximate surface area is 128 Å². The van der Waals surface area contributed by atoms with Crippen LogP contribution in [0.15, 0.2) is 24.3 Å². The number of carboxylic acids is 1. The van der Waals surface area contributed by atoms with E-state index in [1.165, 1.54) is 0 Å². The highest BCUT2D eigenvalue weighted by Crippen LogP contribution is 2.17. The number of urea groups is 1. The van der Waals surface area contributed by atoms with E-state index in [-0.39, 0.29) is 0 Å². The number of hydrogen-bond donors (Lipinski definition) is 3. The van der Waals surface area contributed by atoms with Gasteiger partial charge in [0.2, 0.25) is 0 Å². The summed E-state index contributed by atoms with van der Waals surface area (Å²) in [5.74, 6) is -0.353. The normalized spacial score (nSPS) is 11.6. The van der Waals surface area contributed by atoms with Gasteiger partial charge in [-0.3, -0.25) is 0 Å². The van der Waals surface area contributed by atoms with Gasteiger partial charge in [-0.2, -0.15) is 11.8 Å². The molecule has 2 amide bonds. The third-order valence-corrected chi connectivity index (χ3v) is 3.48. The molecule has 0 aliphatic heterocycles. The first-order valence-electron chi connectivity index (χ1n) is 6.50. The first-order chi connectivity index (χ1) is 9.93. The first kappa shape index (κ1) is 17.2. The molecule has 0 aliphatic rings.